The van der Waals surface area contributed by atoms with Gasteiger partial charge in [0.05, 0.1) is 6.42 Å². The molecule has 0 aliphatic heterocycles. The average molecular weight is 344 g/mol. The Balaban J connectivity index is 1.87. The van der Waals surface area contributed by atoms with Crippen LogP contribution in [0.25, 0.3) is 10.9 Å². The first-order valence-electron chi connectivity index (χ1n) is 6.66. The molecule has 0 saturated heterocycles. The van der Waals surface area contributed by atoms with Crippen molar-refractivity contribution in [1.82, 2.24) is 4.57 Å². The highest BCUT2D eigenvalue weighted by molar-refractivity contribution is 9.10. The summed E-state index contributed by atoms with van der Waals surface area (Å²) in [5.74, 6) is -0.803. The second-order valence-corrected chi connectivity index (χ2v) is 5.86. The van der Waals surface area contributed by atoms with Gasteiger partial charge in [-0.1, -0.05) is 42.5 Å². The van der Waals surface area contributed by atoms with Crippen LogP contribution < -0.4 is 0 Å². The molecule has 0 atom stereocenters. The molecule has 106 valence electrons. The molecule has 1 N–H and O–H groups in total. The number of para-hydroxylation sites is 1. The fourth-order valence-corrected chi connectivity index (χ4v) is 3.05. The summed E-state index contributed by atoms with van der Waals surface area (Å²) in [5, 5.41) is 9.98. The molecule has 3 rings (SSSR count). The predicted molar refractivity (Wildman–Crippen MR) is 86.5 cm³/mol. The summed E-state index contributed by atoms with van der Waals surface area (Å²) in [5.41, 5.74) is 3.15. The van der Waals surface area contributed by atoms with Gasteiger partial charge < -0.3 is 9.67 Å². The molecule has 3 aromatic rings. The lowest BCUT2D eigenvalue weighted by Crippen LogP contribution is -2.01. The number of hydrogen-bond donors (Lipinski definition) is 1. The molecule has 0 amide bonds. The van der Waals surface area contributed by atoms with E-state index in [1.165, 1.54) is 10.9 Å². The molecule has 3 nitrogen and oxygen atoms in total. The standard InChI is InChI=1S/C17H14BrNO2/c18-15-11-19(16-4-2-1-3-14(15)16)10-13-7-5-12(6-8-13)9-17(20)21/h1-8,11H,9-10H2,(H,20,21). The highest BCUT2D eigenvalue weighted by atomic mass is 79.9. The Bertz CT molecular complexity index is 790. The number of carbonyl (C=O) groups is 1. The lowest BCUT2D eigenvalue weighted by atomic mass is 10.1. The van der Waals surface area contributed by atoms with Crippen LogP contribution in [0.3, 0.4) is 0 Å². The van der Waals surface area contributed by atoms with Crippen molar-refractivity contribution in [2.45, 2.75) is 13.0 Å². The van der Waals surface area contributed by atoms with Crippen molar-refractivity contribution >= 4 is 32.8 Å². The lowest BCUT2D eigenvalue weighted by Gasteiger charge is -2.06. The lowest BCUT2D eigenvalue weighted by molar-refractivity contribution is -0.136. The van der Waals surface area contributed by atoms with Crippen LogP contribution in [-0.2, 0) is 17.8 Å². The van der Waals surface area contributed by atoms with Crippen LogP contribution >= 0.6 is 15.9 Å². The van der Waals surface area contributed by atoms with E-state index in [0.29, 0.717) is 0 Å². The van der Waals surface area contributed by atoms with Gasteiger partial charge in [-0.3, -0.25) is 4.79 Å². The first kappa shape index (κ1) is 13.9. The van der Waals surface area contributed by atoms with Crippen LogP contribution in [0.4, 0.5) is 0 Å². The number of halogens is 1. The van der Waals surface area contributed by atoms with Crippen molar-refractivity contribution in [1.29, 1.82) is 0 Å². The van der Waals surface area contributed by atoms with Gasteiger partial charge >= 0.3 is 5.97 Å². The molecule has 0 saturated carbocycles. The Morgan fingerprint density at radius 3 is 2.43 bits per heavy atom. The van der Waals surface area contributed by atoms with E-state index in [0.717, 1.165) is 22.1 Å². The number of hydrogen-bond acceptors (Lipinski definition) is 1. The maximum Gasteiger partial charge on any atom is 0.307 e. The molecule has 4 heteroatoms. The van der Waals surface area contributed by atoms with Gasteiger partial charge in [-0.05, 0) is 33.1 Å². The first-order chi connectivity index (χ1) is 10.1. The van der Waals surface area contributed by atoms with Crippen molar-refractivity contribution < 1.29 is 9.90 Å². The quantitative estimate of drug-likeness (QED) is 0.775. The monoisotopic (exact) mass is 343 g/mol. The SMILES string of the molecule is O=C(O)Cc1ccc(Cn2cc(Br)c3ccccc32)cc1. The van der Waals surface area contributed by atoms with E-state index in [2.05, 4.69) is 38.8 Å². The summed E-state index contributed by atoms with van der Waals surface area (Å²) >= 11 is 3.58. The predicted octanol–water partition coefficient (Wildman–Crippen LogP) is 4.08. The zero-order chi connectivity index (χ0) is 14.8. The number of carboxylic acids is 1. The fourth-order valence-electron chi connectivity index (χ4n) is 2.47. The van der Waals surface area contributed by atoms with Crippen molar-refractivity contribution in [3.63, 3.8) is 0 Å². The Morgan fingerprint density at radius 1 is 1.05 bits per heavy atom. The van der Waals surface area contributed by atoms with Crippen LogP contribution in [0, 0.1) is 0 Å². The Labute approximate surface area is 131 Å². The zero-order valence-corrected chi connectivity index (χ0v) is 12.9. The van der Waals surface area contributed by atoms with Crippen LogP contribution in [0.5, 0.6) is 0 Å². The Morgan fingerprint density at radius 2 is 1.71 bits per heavy atom. The summed E-state index contributed by atoms with van der Waals surface area (Å²) < 4.78 is 3.27. The molecule has 0 fully saturated rings. The maximum absolute atomic E-state index is 10.7. The fraction of sp³-hybridized carbons (Fsp3) is 0.118. The number of benzene rings is 2. The van der Waals surface area contributed by atoms with Gasteiger partial charge in [-0.15, -0.1) is 0 Å². The average Bonchev–Trinajstić information content (AvgIpc) is 2.78. The molecular formula is C17H14BrNO2. The third-order valence-electron chi connectivity index (χ3n) is 3.47. The third-order valence-corrected chi connectivity index (χ3v) is 4.10. The summed E-state index contributed by atoms with van der Waals surface area (Å²) in [6.45, 7) is 0.763. The van der Waals surface area contributed by atoms with E-state index in [4.69, 9.17) is 5.11 Å². The Hall–Kier alpha value is -2.07. The number of aliphatic carboxylic acids is 1. The van der Waals surface area contributed by atoms with Crippen LogP contribution in [0.15, 0.2) is 59.2 Å². The van der Waals surface area contributed by atoms with Gasteiger partial charge in [-0.25, -0.2) is 0 Å². The topological polar surface area (TPSA) is 42.2 Å². The Kier molecular flexibility index (Phi) is 3.80. The maximum atomic E-state index is 10.7. The van der Waals surface area contributed by atoms with E-state index >= 15 is 0 Å². The van der Waals surface area contributed by atoms with Gasteiger partial charge in [0.25, 0.3) is 0 Å². The zero-order valence-electron chi connectivity index (χ0n) is 11.3. The van der Waals surface area contributed by atoms with E-state index in [-0.39, 0.29) is 6.42 Å². The van der Waals surface area contributed by atoms with E-state index in [9.17, 15) is 4.79 Å². The van der Waals surface area contributed by atoms with Gasteiger partial charge in [0.15, 0.2) is 0 Å². The normalized spacial score (nSPS) is 10.9. The number of aromatic nitrogens is 1. The highest BCUT2D eigenvalue weighted by Crippen LogP contribution is 2.26. The van der Waals surface area contributed by atoms with Crippen molar-refractivity contribution in [2.24, 2.45) is 0 Å². The van der Waals surface area contributed by atoms with E-state index < -0.39 is 5.97 Å². The highest BCUT2D eigenvalue weighted by Gasteiger charge is 2.06. The van der Waals surface area contributed by atoms with Crippen molar-refractivity contribution in [2.75, 3.05) is 0 Å². The van der Waals surface area contributed by atoms with Crippen molar-refractivity contribution in [3.8, 4) is 0 Å². The molecule has 0 aliphatic rings. The smallest absolute Gasteiger partial charge is 0.307 e. The van der Waals surface area contributed by atoms with Crippen LogP contribution in [-0.4, -0.2) is 15.6 Å². The number of carboxylic acid groups (broad SMARTS) is 1. The summed E-state index contributed by atoms with van der Waals surface area (Å²) in [6.07, 6.45) is 2.15. The first-order valence-corrected chi connectivity index (χ1v) is 7.46. The molecule has 0 bridgehead atoms. The van der Waals surface area contributed by atoms with Gasteiger partial charge in [-0.2, -0.15) is 0 Å². The van der Waals surface area contributed by atoms with Gasteiger partial charge in [0, 0.05) is 28.1 Å². The second kappa shape index (κ2) is 5.74. The number of rotatable bonds is 4. The molecule has 1 heterocycles. The molecule has 21 heavy (non-hydrogen) atoms. The molecular weight excluding hydrogens is 330 g/mol. The second-order valence-electron chi connectivity index (χ2n) is 5.01. The van der Waals surface area contributed by atoms with E-state index in [1.807, 2.05) is 36.4 Å². The largest absolute Gasteiger partial charge is 0.481 e. The minimum absolute atomic E-state index is 0.0677. The summed E-state index contributed by atoms with van der Waals surface area (Å²) in [4.78, 5) is 10.7. The third kappa shape index (κ3) is 3.00. The number of fused-ring (bicyclic) bond motifs is 1. The van der Waals surface area contributed by atoms with Crippen molar-refractivity contribution in [3.05, 3.63) is 70.3 Å². The van der Waals surface area contributed by atoms with Gasteiger partial charge in [0.1, 0.15) is 0 Å². The molecule has 0 aliphatic carbocycles. The van der Waals surface area contributed by atoms with E-state index in [1.54, 1.807) is 0 Å². The molecule has 0 radical (unpaired) electrons. The minimum atomic E-state index is -0.803. The van der Waals surface area contributed by atoms with Gasteiger partial charge in [0.2, 0.25) is 0 Å². The minimum Gasteiger partial charge on any atom is -0.481 e. The molecule has 0 unspecified atom stereocenters. The molecule has 0 spiro atoms. The molecule has 1 aromatic heterocycles. The van der Waals surface area contributed by atoms with Crippen LogP contribution in [0.2, 0.25) is 0 Å². The molecule has 2 aromatic carbocycles. The summed E-state index contributed by atoms with van der Waals surface area (Å²) in [6, 6.07) is 16.0. The van der Waals surface area contributed by atoms with Crippen LogP contribution in [0.1, 0.15) is 11.1 Å². The number of nitrogens with zero attached hydrogens (tertiary/aromatic N) is 1. The summed E-state index contributed by atoms with van der Waals surface area (Å²) in [7, 11) is 0.